The Labute approximate surface area is 130 Å². The van der Waals surface area contributed by atoms with Gasteiger partial charge in [0.15, 0.2) is 0 Å². The Hall–Kier alpha value is -2.97. The molecule has 0 saturated heterocycles. The number of carbonyl (C=O) groups is 2. The zero-order valence-corrected chi connectivity index (χ0v) is 13.0. The molecule has 2 aromatic heterocycles. The van der Waals surface area contributed by atoms with Gasteiger partial charge in [0, 0.05) is 34.1 Å². The molecule has 0 aliphatic heterocycles. The molecule has 0 aliphatic rings. The molecule has 0 saturated carbocycles. The number of hydrogen-bond acceptors (Lipinski definition) is 5. The van der Waals surface area contributed by atoms with E-state index in [1.165, 1.54) is 37.7 Å². The van der Waals surface area contributed by atoms with Crippen LogP contribution in [0.25, 0.3) is 11.0 Å². The first-order valence-corrected chi connectivity index (χ1v) is 6.92. The predicted molar refractivity (Wildman–Crippen MR) is 83.2 cm³/mol. The molecule has 0 fully saturated rings. The van der Waals surface area contributed by atoms with Crippen LogP contribution in [-0.4, -0.2) is 39.0 Å². The maximum atomic E-state index is 12.0. The predicted octanol–water partition coefficient (Wildman–Crippen LogP) is -1.50. The molecule has 9 nitrogen and oxygen atoms in total. The first-order chi connectivity index (χ1) is 10.8. The lowest BCUT2D eigenvalue weighted by molar-refractivity contribution is -0.118. The molecule has 23 heavy (non-hydrogen) atoms. The Morgan fingerprint density at radius 1 is 1.09 bits per heavy atom. The minimum absolute atomic E-state index is 0.0866. The van der Waals surface area contributed by atoms with Gasteiger partial charge in [0.25, 0.3) is 11.5 Å². The summed E-state index contributed by atoms with van der Waals surface area (Å²) in [4.78, 5) is 50.8. The number of aromatic nitrogens is 3. The van der Waals surface area contributed by atoms with Crippen LogP contribution in [0.4, 0.5) is 0 Å². The highest BCUT2D eigenvalue weighted by molar-refractivity contribution is 5.94. The van der Waals surface area contributed by atoms with Crippen molar-refractivity contribution in [1.29, 1.82) is 0 Å². The van der Waals surface area contributed by atoms with Crippen LogP contribution in [0.3, 0.4) is 0 Å². The standard InChI is InChI=1S/C14H17N5O4/c1-8(20)15-6-7-16-12(21)10-5-4-9-11(17-10)18(2)14(23)19(3)13(9)22/h4-5H,6-7H2,1-3H3,(H,15,20)(H,16,21). The van der Waals surface area contributed by atoms with Gasteiger partial charge >= 0.3 is 5.69 Å². The molecule has 122 valence electrons. The topological polar surface area (TPSA) is 115 Å². The fraction of sp³-hybridized carbons (Fsp3) is 0.357. The third-order valence-corrected chi connectivity index (χ3v) is 3.32. The fourth-order valence-electron chi connectivity index (χ4n) is 2.09. The van der Waals surface area contributed by atoms with Gasteiger partial charge < -0.3 is 10.6 Å². The van der Waals surface area contributed by atoms with Gasteiger partial charge in [-0.15, -0.1) is 0 Å². The van der Waals surface area contributed by atoms with E-state index in [2.05, 4.69) is 15.6 Å². The van der Waals surface area contributed by atoms with Crippen molar-refractivity contribution >= 4 is 22.8 Å². The summed E-state index contributed by atoms with van der Waals surface area (Å²) in [6.45, 7) is 1.93. The summed E-state index contributed by atoms with van der Waals surface area (Å²) in [7, 11) is 2.86. The van der Waals surface area contributed by atoms with Crippen LogP contribution in [0.5, 0.6) is 0 Å². The van der Waals surface area contributed by atoms with E-state index < -0.39 is 17.2 Å². The van der Waals surface area contributed by atoms with Crippen molar-refractivity contribution in [2.75, 3.05) is 13.1 Å². The number of nitrogens with zero attached hydrogens (tertiary/aromatic N) is 3. The van der Waals surface area contributed by atoms with E-state index in [9.17, 15) is 19.2 Å². The van der Waals surface area contributed by atoms with Crippen LogP contribution >= 0.6 is 0 Å². The van der Waals surface area contributed by atoms with E-state index >= 15 is 0 Å². The van der Waals surface area contributed by atoms with E-state index in [-0.39, 0.29) is 29.2 Å². The number of carbonyl (C=O) groups excluding carboxylic acids is 2. The second-order valence-corrected chi connectivity index (χ2v) is 5.01. The molecule has 0 spiro atoms. The van der Waals surface area contributed by atoms with Crippen LogP contribution < -0.4 is 21.9 Å². The number of pyridine rings is 1. The quantitative estimate of drug-likeness (QED) is 0.665. The van der Waals surface area contributed by atoms with Gasteiger partial charge in [0.05, 0.1) is 5.39 Å². The molecule has 0 atom stereocenters. The van der Waals surface area contributed by atoms with Crippen molar-refractivity contribution in [2.45, 2.75) is 6.92 Å². The minimum atomic E-state index is -0.516. The van der Waals surface area contributed by atoms with E-state index in [1.807, 2.05) is 0 Å². The van der Waals surface area contributed by atoms with Gasteiger partial charge in [-0.2, -0.15) is 0 Å². The smallest absolute Gasteiger partial charge is 0.332 e. The summed E-state index contributed by atoms with van der Waals surface area (Å²) in [5.41, 5.74) is -0.748. The highest BCUT2D eigenvalue weighted by Crippen LogP contribution is 2.06. The third kappa shape index (κ3) is 3.28. The van der Waals surface area contributed by atoms with Crippen molar-refractivity contribution in [3.63, 3.8) is 0 Å². The summed E-state index contributed by atoms with van der Waals surface area (Å²) in [5, 5.41) is 5.39. The van der Waals surface area contributed by atoms with Crippen LogP contribution in [0.2, 0.25) is 0 Å². The number of amides is 2. The SMILES string of the molecule is CC(=O)NCCNC(=O)c1ccc2c(=O)n(C)c(=O)n(C)c2n1. The number of nitrogens with one attached hydrogen (secondary N) is 2. The van der Waals surface area contributed by atoms with Crippen molar-refractivity contribution in [1.82, 2.24) is 24.8 Å². The second kappa shape index (κ2) is 6.42. The molecule has 0 unspecified atom stereocenters. The summed E-state index contributed by atoms with van der Waals surface area (Å²) in [6.07, 6.45) is 0. The Kier molecular flexibility index (Phi) is 4.58. The van der Waals surface area contributed by atoms with Crippen LogP contribution in [-0.2, 0) is 18.9 Å². The molecular weight excluding hydrogens is 302 g/mol. The molecule has 9 heteroatoms. The van der Waals surface area contributed by atoms with Crippen molar-refractivity contribution in [2.24, 2.45) is 14.1 Å². The molecule has 0 bridgehead atoms. The lowest BCUT2D eigenvalue weighted by Gasteiger charge is -2.09. The van der Waals surface area contributed by atoms with Crippen molar-refractivity contribution in [3.8, 4) is 0 Å². The van der Waals surface area contributed by atoms with E-state index in [1.54, 1.807) is 0 Å². The number of aryl methyl sites for hydroxylation is 1. The summed E-state index contributed by atoms with van der Waals surface area (Å²) in [6, 6.07) is 2.88. The first kappa shape index (κ1) is 16.4. The van der Waals surface area contributed by atoms with E-state index in [4.69, 9.17) is 0 Å². The normalized spacial score (nSPS) is 10.6. The van der Waals surface area contributed by atoms with Gasteiger partial charge in [-0.05, 0) is 12.1 Å². The molecule has 2 N–H and O–H groups in total. The summed E-state index contributed by atoms with van der Waals surface area (Å²) >= 11 is 0. The summed E-state index contributed by atoms with van der Waals surface area (Å²) < 4.78 is 2.20. The Morgan fingerprint density at radius 3 is 2.39 bits per heavy atom. The lowest BCUT2D eigenvalue weighted by Crippen LogP contribution is -2.38. The minimum Gasteiger partial charge on any atom is -0.355 e. The first-order valence-electron chi connectivity index (χ1n) is 6.92. The van der Waals surface area contributed by atoms with Gasteiger partial charge in [-0.1, -0.05) is 0 Å². The molecule has 2 rings (SSSR count). The number of rotatable bonds is 4. The van der Waals surface area contributed by atoms with Gasteiger partial charge in [-0.3, -0.25) is 23.5 Å². The highest BCUT2D eigenvalue weighted by Gasteiger charge is 2.13. The zero-order chi connectivity index (χ0) is 17.1. The molecule has 2 aromatic rings. The van der Waals surface area contributed by atoms with E-state index in [0.717, 1.165) is 4.57 Å². The molecule has 0 aromatic carbocycles. The maximum absolute atomic E-state index is 12.0. The molecule has 0 radical (unpaired) electrons. The van der Waals surface area contributed by atoms with Gasteiger partial charge in [-0.25, -0.2) is 9.78 Å². The zero-order valence-electron chi connectivity index (χ0n) is 13.0. The number of fused-ring (bicyclic) bond motifs is 1. The average Bonchev–Trinajstić information content (AvgIpc) is 2.54. The fourth-order valence-corrected chi connectivity index (χ4v) is 2.09. The van der Waals surface area contributed by atoms with Crippen molar-refractivity contribution in [3.05, 3.63) is 38.7 Å². The van der Waals surface area contributed by atoms with Crippen LogP contribution in [0.1, 0.15) is 17.4 Å². The second-order valence-electron chi connectivity index (χ2n) is 5.01. The molecule has 0 aliphatic carbocycles. The summed E-state index contributed by atoms with van der Waals surface area (Å²) in [5.74, 6) is -0.640. The van der Waals surface area contributed by atoms with Gasteiger partial charge in [0.2, 0.25) is 5.91 Å². The lowest BCUT2D eigenvalue weighted by atomic mass is 10.2. The number of hydrogen-bond donors (Lipinski definition) is 2. The maximum Gasteiger partial charge on any atom is 0.332 e. The molecule has 2 heterocycles. The molecule has 2 amide bonds. The average molecular weight is 319 g/mol. The van der Waals surface area contributed by atoms with E-state index in [0.29, 0.717) is 6.54 Å². The monoisotopic (exact) mass is 319 g/mol. The molecular formula is C14H17N5O4. The Morgan fingerprint density at radius 2 is 1.74 bits per heavy atom. The van der Waals surface area contributed by atoms with Crippen molar-refractivity contribution < 1.29 is 9.59 Å². The van der Waals surface area contributed by atoms with Crippen LogP contribution in [0.15, 0.2) is 21.7 Å². The third-order valence-electron chi connectivity index (χ3n) is 3.32. The largest absolute Gasteiger partial charge is 0.355 e. The highest BCUT2D eigenvalue weighted by atomic mass is 16.2. The Balaban J connectivity index is 2.30. The Bertz CT molecular complexity index is 896. The van der Waals surface area contributed by atoms with Crippen LogP contribution in [0, 0.1) is 0 Å². The van der Waals surface area contributed by atoms with Gasteiger partial charge in [0.1, 0.15) is 11.3 Å².